The van der Waals surface area contributed by atoms with Crippen molar-refractivity contribution in [3.63, 3.8) is 0 Å². The van der Waals surface area contributed by atoms with E-state index in [0.717, 1.165) is 48.3 Å². The number of aromatic carboxylic acids is 4. The Bertz CT molecular complexity index is 2590. The third-order valence-electron chi connectivity index (χ3n) is 18.2. The van der Waals surface area contributed by atoms with E-state index in [1.165, 1.54) is 107 Å². The van der Waals surface area contributed by atoms with Crippen molar-refractivity contribution in [2.24, 2.45) is 58.2 Å². The summed E-state index contributed by atoms with van der Waals surface area (Å²) in [6.45, 7) is 12.3. The molecule has 8 rings (SSSR count). The Morgan fingerprint density at radius 1 is 0.667 bits per heavy atom. The molecule has 0 heterocycles. The maximum atomic E-state index is 12.9. The molecule has 0 aromatic heterocycles. The van der Waals surface area contributed by atoms with Gasteiger partial charge in [-0.2, -0.15) is 0 Å². The molecule has 4 aliphatic carbocycles. The maximum absolute atomic E-state index is 12.9. The molecule has 4 fully saturated rings. The van der Waals surface area contributed by atoms with Crippen LogP contribution >= 0.6 is 23.2 Å². The van der Waals surface area contributed by atoms with E-state index < -0.39 is 23.9 Å². The standard InChI is InChI=1S/C61H72Cl2O10.2Na/c1-35(2)8-6-9-36(3)49-22-23-50-46-21-20-44-28-37(24-26-60(44,4)51(46)25-27-61(49,50)5)10-7-11-45(42-29-47(58(68)69)54(52(62)31-42)72-33-38-12-16-40(17-13-38)56(64)65)43-30-48(59(70)71)55(53(63)32-43)73-34-39-14-18-41(19-15-39)57(66)67;;/h11-19,29-32,35-37,44,46,49-51H,6-10,20-28,33-34H2,1-5H3,(H,64,65)(H,66,67)(H,68,69)(H,70,71);;/q;2*+1/p-2/t36-,37+,44+,46+,49-,50+,51+,60+,61-;;/m1../s1. The second kappa shape index (κ2) is 26.1. The molecule has 4 aromatic rings. The van der Waals surface area contributed by atoms with Crippen molar-refractivity contribution in [2.75, 3.05) is 0 Å². The molecule has 4 aromatic carbocycles. The zero-order valence-corrected chi connectivity index (χ0v) is 50.4. The van der Waals surface area contributed by atoms with E-state index in [1.807, 2.05) is 6.08 Å². The Balaban J connectivity index is 0.00000457. The van der Waals surface area contributed by atoms with Gasteiger partial charge in [0.15, 0.2) is 11.5 Å². The number of carboxylic acids is 4. The number of carboxylic acid groups (broad SMARTS) is 4. The third-order valence-corrected chi connectivity index (χ3v) is 18.8. The predicted octanol–water partition coefficient (Wildman–Crippen LogP) is 7.23. The monoisotopic (exact) mass is 1080 g/mol. The third kappa shape index (κ3) is 13.6. The summed E-state index contributed by atoms with van der Waals surface area (Å²) in [5.41, 5.74) is 2.86. The Morgan fingerprint density at radius 2 is 1.17 bits per heavy atom. The maximum Gasteiger partial charge on any atom is 1.00 e. The van der Waals surface area contributed by atoms with E-state index in [4.69, 9.17) is 32.7 Å². The Morgan fingerprint density at radius 3 is 1.67 bits per heavy atom. The van der Waals surface area contributed by atoms with Crippen molar-refractivity contribution in [2.45, 2.75) is 138 Å². The van der Waals surface area contributed by atoms with Crippen LogP contribution < -0.4 is 78.8 Å². The number of halogens is 2. The summed E-state index contributed by atoms with van der Waals surface area (Å²) in [6, 6.07) is 17.8. The van der Waals surface area contributed by atoms with Crippen molar-refractivity contribution < 1.29 is 108 Å². The Labute approximate surface area is 497 Å². The number of allylic oxidation sites excluding steroid dienone is 1. The van der Waals surface area contributed by atoms with Gasteiger partial charge in [0.25, 0.3) is 0 Å². The number of carbonyl (C=O) groups is 4. The normalized spacial score (nSPS) is 25.0. The van der Waals surface area contributed by atoms with Crippen LogP contribution in [0, 0.1) is 58.2 Å². The van der Waals surface area contributed by atoms with Crippen LogP contribution in [0.2, 0.25) is 10.0 Å². The van der Waals surface area contributed by atoms with Crippen molar-refractivity contribution in [3.05, 3.63) is 133 Å². The number of carbonyl (C=O) groups excluding carboxylic acids is 2. The molecule has 10 nitrogen and oxygen atoms in total. The SMILES string of the molecule is CC(C)CCC[C@@H](C)[C@H]1CC[C@H]2[C@@H]3CC[C@H]4C[C@@H](CCC=C(c5cc(Cl)c(OCc6ccc(C(=O)[O-])cc6)c(C(=O)O)c5)c5cc(Cl)c(OCc6ccc(C(=O)[O-])cc6)c(C(=O)O)c5)CC[C@]4(C)[C@H]3CC[C@]12C.[Na+].[Na+]. The first-order valence-corrected chi connectivity index (χ1v) is 27.2. The Hall–Kier alpha value is -3.32. The van der Waals surface area contributed by atoms with Crippen molar-refractivity contribution in [1.29, 1.82) is 0 Å². The second-order valence-electron chi connectivity index (χ2n) is 22.8. The van der Waals surface area contributed by atoms with Gasteiger partial charge in [-0.1, -0.05) is 132 Å². The summed E-state index contributed by atoms with van der Waals surface area (Å²) < 4.78 is 12.0. The predicted molar refractivity (Wildman–Crippen MR) is 280 cm³/mol. The average molecular weight is 1080 g/mol. The van der Waals surface area contributed by atoms with Gasteiger partial charge in [0.05, 0.1) is 22.0 Å². The minimum Gasteiger partial charge on any atom is -0.545 e. The average Bonchev–Trinajstić information content (AvgIpc) is 3.71. The number of hydrogen-bond acceptors (Lipinski definition) is 8. The van der Waals surface area contributed by atoms with Gasteiger partial charge in [-0.25, -0.2) is 9.59 Å². The van der Waals surface area contributed by atoms with Gasteiger partial charge in [-0.3, -0.25) is 0 Å². The molecule has 75 heavy (non-hydrogen) atoms. The van der Waals surface area contributed by atoms with Gasteiger partial charge in [0.1, 0.15) is 24.3 Å². The molecule has 0 unspecified atom stereocenters. The summed E-state index contributed by atoms with van der Waals surface area (Å²) in [6.07, 6.45) is 19.2. The van der Waals surface area contributed by atoms with Gasteiger partial charge >= 0.3 is 71.1 Å². The van der Waals surface area contributed by atoms with Crippen molar-refractivity contribution >= 4 is 52.7 Å². The van der Waals surface area contributed by atoms with Crippen LogP contribution in [-0.4, -0.2) is 34.1 Å². The molecular formula is C61H70Cl2Na2O10. The van der Waals surface area contributed by atoms with Gasteiger partial charge in [-0.05, 0) is 192 Å². The molecule has 0 bridgehead atoms. The summed E-state index contributed by atoms with van der Waals surface area (Å²) >= 11 is 13.8. The molecule has 4 saturated carbocycles. The molecule has 14 heteroatoms. The van der Waals surface area contributed by atoms with E-state index in [-0.39, 0.29) is 116 Å². The number of fused-ring (bicyclic) bond motifs is 5. The van der Waals surface area contributed by atoms with E-state index >= 15 is 0 Å². The summed E-state index contributed by atoms with van der Waals surface area (Å²) in [4.78, 5) is 48.5. The second-order valence-corrected chi connectivity index (χ2v) is 23.7. The fraction of sp³-hybridized carbons (Fsp3) is 0.508. The zero-order chi connectivity index (χ0) is 52.4. The summed E-state index contributed by atoms with van der Waals surface area (Å²) in [7, 11) is 0. The van der Waals surface area contributed by atoms with E-state index in [1.54, 1.807) is 36.4 Å². The van der Waals surface area contributed by atoms with Crippen LogP contribution in [0.4, 0.5) is 0 Å². The van der Waals surface area contributed by atoms with Crippen LogP contribution in [-0.2, 0) is 13.2 Å². The molecule has 0 aliphatic heterocycles. The van der Waals surface area contributed by atoms with Crippen LogP contribution in [0.3, 0.4) is 0 Å². The Kier molecular flexibility index (Phi) is 21.2. The molecule has 4 aliphatic rings. The van der Waals surface area contributed by atoms with Crippen molar-refractivity contribution in [3.8, 4) is 11.5 Å². The fourth-order valence-corrected chi connectivity index (χ4v) is 14.9. The first-order valence-electron chi connectivity index (χ1n) is 26.5. The van der Waals surface area contributed by atoms with Gasteiger partial charge in [-0.15, -0.1) is 0 Å². The smallest absolute Gasteiger partial charge is 0.545 e. The largest absolute Gasteiger partial charge is 1.00 e. The number of rotatable bonds is 20. The summed E-state index contributed by atoms with van der Waals surface area (Å²) in [5.74, 6) is 0.584. The fourth-order valence-electron chi connectivity index (χ4n) is 14.4. The number of ether oxygens (including phenoxy) is 2. The summed E-state index contributed by atoms with van der Waals surface area (Å²) in [5, 5.41) is 43.7. The van der Waals surface area contributed by atoms with Crippen molar-refractivity contribution in [1.82, 2.24) is 0 Å². The van der Waals surface area contributed by atoms with Crippen LogP contribution in [0.15, 0.2) is 78.9 Å². The van der Waals surface area contributed by atoms with E-state index in [0.29, 0.717) is 56.9 Å². The molecule has 0 spiro atoms. The minimum absolute atomic E-state index is 0. The molecule has 2 N–H and O–H groups in total. The molecule has 0 saturated heterocycles. The van der Waals surface area contributed by atoms with E-state index in [9.17, 15) is 39.6 Å². The molecule has 9 atom stereocenters. The minimum atomic E-state index is -1.32. The molecular weight excluding hydrogens is 1010 g/mol. The topological polar surface area (TPSA) is 173 Å². The quantitative estimate of drug-likeness (QED) is 0.0861. The number of hydrogen-bond donors (Lipinski definition) is 2. The van der Waals surface area contributed by atoms with Gasteiger partial charge in [0.2, 0.25) is 0 Å². The van der Waals surface area contributed by atoms with E-state index in [2.05, 4.69) is 34.6 Å². The zero-order valence-electron chi connectivity index (χ0n) is 44.9. The van der Waals surface area contributed by atoms with Crippen LogP contribution in [0.1, 0.15) is 188 Å². The first kappa shape index (κ1) is 60.9. The van der Waals surface area contributed by atoms with Crippen LogP contribution in [0.5, 0.6) is 11.5 Å². The molecule has 0 amide bonds. The molecule has 0 radical (unpaired) electrons. The van der Waals surface area contributed by atoms with Crippen LogP contribution in [0.25, 0.3) is 5.57 Å². The first-order chi connectivity index (χ1) is 34.8. The number of benzene rings is 4. The molecule has 390 valence electrons. The van der Waals surface area contributed by atoms with Gasteiger partial charge < -0.3 is 39.5 Å². The van der Waals surface area contributed by atoms with Gasteiger partial charge in [0, 0.05) is 0 Å².